The molecule has 0 aliphatic rings. The van der Waals surface area contributed by atoms with E-state index in [-0.39, 0.29) is 11.9 Å². The largest absolute Gasteiger partial charge is 0.469 e. The van der Waals surface area contributed by atoms with Crippen LogP contribution in [-0.2, 0) is 16.0 Å². The van der Waals surface area contributed by atoms with Gasteiger partial charge in [0.2, 0.25) is 0 Å². The predicted molar refractivity (Wildman–Crippen MR) is 74.5 cm³/mol. The van der Waals surface area contributed by atoms with Gasteiger partial charge in [0, 0.05) is 17.1 Å². The smallest absolute Gasteiger partial charge is 0.308 e. The van der Waals surface area contributed by atoms with Gasteiger partial charge >= 0.3 is 5.97 Å². The first-order chi connectivity index (χ1) is 8.72. The molecule has 2 aromatic rings. The van der Waals surface area contributed by atoms with Gasteiger partial charge in [0.25, 0.3) is 0 Å². The molecule has 1 unspecified atom stereocenters. The van der Waals surface area contributed by atoms with E-state index in [1.807, 2.05) is 45.2 Å². The maximum absolute atomic E-state index is 11.3. The van der Waals surface area contributed by atoms with Crippen molar-refractivity contribution in [2.75, 3.05) is 7.11 Å². The molecule has 1 atom stereocenters. The maximum atomic E-state index is 11.3. The molecule has 0 bridgehead atoms. The summed E-state index contributed by atoms with van der Waals surface area (Å²) >= 11 is 0. The van der Waals surface area contributed by atoms with Gasteiger partial charge in [0.05, 0.1) is 13.0 Å². The first-order valence-electron chi connectivity index (χ1n) is 6.35. The Hall–Kier alpha value is -1.77. The first kappa shape index (κ1) is 14.3. The number of hydrogen-bond donors (Lipinski definition) is 1. The Bertz CT molecular complexity index is 502. The average Bonchev–Trinajstić information content (AvgIpc) is 2.83. The average molecular weight is 247 g/mol. The van der Waals surface area contributed by atoms with E-state index in [1.165, 1.54) is 12.5 Å². The van der Waals surface area contributed by atoms with E-state index in [2.05, 4.69) is 11.1 Å². The summed E-state index contributed by atoms with van der Waals surface area (Å²) in [5.74, 6) is -0.269. The zero-order valence-corrected chi connectivity index (χ0v) is 11.5. The molecule has 0 radical (unpaired) electrons. The summed E-state index contributed by atoms with van der Waals surface area (Å²) in [4.78, 5) is 14.5. The summed E-state index contributed by atoms with van der Waals surface area (Å²) in [5, 5.41) is 1.18. The van der Waals surface area contributed by atoms with E-state index in [0.29, 0.717) is 6.42 Å². The van der Waals surface area contributed by atoms with Crippen molar-refractivity contribution in [3.63, 3.8) is 0 Å². The van der Waals surface area contributed by atoms with E-state index in [4.69, 9.17) is 4.74 Å². The van der Waals surface area contributed by atoms with Crippen molar-refractivity contribution in [1.82, 2.24) is 4.98 Å². The van der Waals surface area contributed by atoms with Crippen molar-refractivity contribution in [2.24, 2.45) is 5.92 Å². The summed E-state index contributed by atoms with van der Waals surface area (Å²) in [5.41, 5.74) is 2.27. The highest BCUT2D eigenvalue weighted by Gasteiger charge is 2.15. The van der Waals surface area contributed by atoms with Crippen molar-refractivity contribution in [3.05, 3.63) is 36.0 Å². The molecule has 1 heterocycles. The summed E-state index contributed by atoms with van der Waals surface area (Å²) in [6.45, 7) is 5.88. The number of nitrogens with one attached hydrogen (secondary N) is 1. The van der Waals surface area contributed by atoms with Gasteiger partial charge in [-0.15, -0.1) is 0 Å². The number of para-hydroxylation sites is 1. The number of H-pyrrole nitrogens is 1. The minimum absolute atomic E-state index is 0.107. The van der Waals surface area contributed by atoms with Crippen molar-refractivity contribution >= 4 is 16.9 Å². The summed E-state index contributed by atoms with van der Waals surface area (Å²) in [6, 6.07) is 8.08. The van der Waals surface area contributed by atoms with Gasteiger partial charge in [0.15, 0.2) is 0 Å². The SMILES string of the molecule is CC.COC(=O)C(C)Cc1c[nH]c2ccccc12. The second kappa shape index (κ2) is 6.84. The molecule has 0 amide bonds. The van der Waals surface area contributed by atoms with E-state index in [0.717, 1.165) is 11.1 Å². The van der Waals surface area contributed by atoms with E-state index >= 15 is 0 Å². The molecule has 0 fully saturated rings. The number of aromatic nitrogens is 1. The fraction of sp³-hybridized carbons (Fsp3) is 0.400. The molecule has 0 saturated carbocycles. The lowest BCUT2D eigenvalue weighted by Gasteiger charge is -2.07. The van der Waals surface area contributed by atoms with Crippen LogP contribution in [0.3, 0.4) is 0 Å². The molecule has 3 nitrogen and oxygen atoms in total. The molecule has 1 aromatic carbocycles. The third-order valence-electron chi connectivity index (χ3n) is 2.80. The normalized spacial score (nSPS) is 11.6. The molecule has 0 aliphatic carbocycles. The number of fused-ring (bicyclic) bond motifs is 1. The fourth-order valence-electron chi connectivity index (χ4n) is 1.91. The molecule has 2 rings (SSSR count). The maximum Gasteiger partial charge on any atom is 0.308 e. The van der Waals surface area contributed by atoms with Gasteiger partial charge in [-0.1, -0.05) is 39.0 Å². The van der Waals surface area contributed by atoms with Crippen LogP contribution in [0.1, 0.15) is 26.3 Å². The lowest BCUT2D eigenvalue weighted by molar-refractivity contribution is -0.144. The van der Waals surface area contributed by atoms with Gasteiger partial charge < -0.3 is 9.72 Å². The molecule has 0 spiro atoms. The van der Waals surface area contributed by atoms with Crippen molar-refractivity contribution < 1.29 is 9.53 Å². The molecule has 18 heavy (non-hydrogen) atoms. The number of ether oxygens (including phenoxy) is 1. The summed E-state index contributed by atoms with van der Waals surface area (Å²) in [6.07, 6.45) is 2.67. The van der Waals surface area contributed by atoms with Crippen molar-refractivity contribution in [3.8, 4) is 0 Å². The second-order valence-electron chi connectivity index (χ2n) is 3.99. The van der Waals surface area contributed by atoms with Crippen LogP contribution in [-0.4, -0.2) is 18.1 Å². The highest BCUT2D eigenvalue weighted by molar-refractivity contribution is 5.83. The highest BCUT2D eigenvalue weighted by atomic mass is 16.5. The number of rotatable bonds is 3. The van der Waals surface area contributed by atoms with Gasteiger partial charge in [-0.3, -0.25) is 4.79 Å². The van der Waals surface area contributed by atoms with Crippen LogP contribution in [0.4, 0.5) is 0 Å². The van der Waals surface area contributed by atoms with E-state index in [1.54, 1.807) is 0 Å². The van der Waals surface area contributed by atoms with E-state index < -0.39 is 0 Å². The van der Waals surface area contributed by atoms with Crippen LogP contribution in [0.5, 0.6) is 0 Å². The minimum Gasteiger partial charge on any atom is -0.469 e. The molecule has 98 valence electrons. The van der Waals surface area contributed by atoms with Crippen LogP contribution in [0.2, 0.25) is 0 Å². The zero-order chi connectivity index (χ0) is 13.5. The Kier molecular flexibility index (Phi) is 5.43. The van der Waals surface area contributed by atoms with Crippen molar-refractivity contribution in [2.45, 2.75) is 27.2 Å². The Morgan fingerprint density at radius 1 is 1.33 bits per heavy atom. The number of benzene rings is 1. The van der Waals surface area contributed by atoms with Gasteiger partial charge in [-0.2, -0.15) is 0 Å². The van der Waals surface area contributed by atoms with Crippen LogP contribution >= 0.6 is 0 Å². The van der Waals surface area contributed by atoms with E-state index in [9.17, 15) is 4.79 Å². The third-order valence-corrected chi connectivity index (χ3v) is 2.80. The topological polar surface area (TPSA) is 42.1 Å². The molecule has 1 aromatic heterocycles. The molecular formula is C15H21NO2. The molecule has 3 heteroatoms. The zero-order valence-electron chi connectivity index (χ0n) is 11.5. The predicted octanol–water partition coefficient (Wildman–Crippen LogP) is 3.55. The number of carbonyl (C=O) groups excluding carboxylic acids is 1. The van der Waals surface area contributed by atoms with Gasteiger partial charge in [-0.05, 0) is 18.1 Å². The van der Waals surface area contributed by atoms with Crippen molar-refractivity contribution in [1.29, 1.82) is 0 Å². The van der Waals surface area contributed by atoms with Crippen LogP contribution in [0.15, 0.2) is 30.5 Å². The number of esters is 1. The minimum atomic E-state index is -0.162. The Labute approximate surface area is 108 Å². The number of hydrogen-bond acceptors (Lipinski definition) is 2. The Balaban J connectivity index is 0.000000771. The summed E-state index contributed by atoms with van der Waals surface area (Å²) < 4.78 is 4.72. The highest BCUT2D eigenvalue weighted by Crippen LogP contribution is 2.20. The van der Waals surface area contributed by atoms with Crippen LogP contribution < -0.4 is 0 Å². The third kappa shape index (κ3) is 3.13. The van der Waals surface area contributed by atoms with Crippen LogP contribution in [0.25, 0.3) is 10.9 Å². The summed E-state index contributed by atoms with van der Waals surface area (Å²) in [7, 11) is 1.42. The number of aromatic amines is 1. The number of methoxy groups -OCH3 is 1. The fourth-order valence-corrected chi connectivity index (χ4v) is 1.91. The van der Waals surface area contributed by atoms with Crippen LogP contribution in [0, 0.1) is 5.92 Å². The Morgan fingerprint density at radius 2 is 2.00 bits per heavy atom. The first-order valence-corrected chi connectivity index (χ1v) is 6.35. The standard InChI is InChI=1S/C13H15NO2.C2H6/c1-9(13(15)16-2)7-10-8-14-12-6-4-3-5-11(10)12;1-2/h3-6,8-9,14H,7H2,1-2H3;1-2H3. The lowest BCUT2D eigenvalue weighted by atomic mass is 10.0. The molecule has 0 saturated heterocycles. The van der Waals surface area contributed by atoms with Gasteiger partial charge in [-0.25, -0.2) is 0 Å². The number of carbonyl (C=O) groups is 1. The molecule has 0 aliphatic heterocycles. The molecule has 1 N–H and O–H groups in total. The Morgan fingerprint density at radius 3 is 2.67 bits per heavy atom. The van der Waals surface area contributed by atoms with Gasteiger partial charge in [0.1, 0.15) is 0 Å². The molecular weight excluding hydrogens is 226 g/mol. The quantitative estimate of drug-likeness (QED) is 0.843. The second-order valence-corrected chi connectivity index (χ2v) is 3.99. The lowest BCUT2D eigenvalue weighted by Crippen LogP contribution is -2.14. The monoisotopic (exact) mass is 247 g/mol.